The van der Waals surface area contributed by atoms with E-state index < -0.39 is 17.7 Å². The van der Waals surface area contributed by atoms with E-state index in [0.29, 0.717) is 16.3 Å². The molecule has 0 saturated carbocycles. The number of hydrogen-bond donors (Lipinski definition) is 1. The van der Waals surface area contributed by atoms with Crippen LogP contribution in [0.2, 0.25) is 5.02 Å². The van der Waals surface area contributed by atoms with Gasteiger partial charge < -0.3 is 10.6 Å². The van der Waals surface area contributed by atoms with Crippen LogP contribution in [0.15, 0.2) is 42.5 Å². The van der Waals surface area contributed by atoms with E-state index in [1.165, 1.54) is 17.0 Å². The van der Waals surface area contributed by atoms with Gasteiger partial charge in [0.15, 0.2) is 0 Å². The number of carbonyl (C=O) groups is 1. The van der Waals surface area contributed by atoms with Crippen molar-refractivity contribution < 1.29 is 13.6 Å². The van der Waals surface area contributed by atoms with E-state index in [2.05, 4.69) is 0 Å². The summed E-state index contributed by atoms with van der Waals surface area (Å²) in [5.74, 6) is -1.74. The van der Waals surface area contributed by atoms with Gasteiger partial charge in [0.2, 0.25) is 5.91 Å². The molecule has 0 radical (unpaired) electrons. The molecule has 0 unspecified atom stereocenters. The highest BCUT2D eigenvalue weighted by Crippen LogP contribution is 2.18. The summed E-state index contributed by atoms with van der Waals surface area (Å²) in [5, 5.41) is 0.559. The van der Waals surface area contributed by atoms with Crippen molar-refractivity contribution in [2.45, 2.75) is 12.5 Å². The number of carbonyl (C=O) groups excluding carboxylic acids is 1. The van der Waals surface area contributed by atoms with Crippen LogP contribution in [0.1, 0.15) is 5.56 Å². The number of benzene rings is 2. The Kier molecular flexibility index (Phi) is 5.11. The SMILES string of the molecule is CN(C(=O)[C@@H](N)Cc1cc(F)cc(F)c1)c1ccc(Cl)cc1. The van der Waals surface area contributed by atoms with Crippen LogP contribution in [0.4, 0.5) is 14.5 Å². The Bertz CT molecular complexity index is 656. The van der Waals surface area contributed by atoms with Gasteiger partial charge in [0.25, 0.3) is 0 Å². The van der Waals surface area contributed by atoms with Crippen LogP contribution in [0.3, 0.4) is 0 Å². The largest absolute Gasteiger partial charge is 0.320 e. The number of hydrogen-bond acceptors (Lipinski definition) is 2. The molecule has 0 spiro atoms. The number of amides is 1. The van der Waals surface area contributed by atoms with Crippen LogP contribution in [0.5, 0.6) is 0 Å². The number of nitrogens with zero attached hydrogens (tertiary/aromatic N) is 1. The molecule has 0 aliphatic heterocycles. The zero-order valence-electron chi connectivity index (χ0n) is 11.9. The monoisotopic (exact) mass is 324 g/mol. The smallest absolute Gasteiger partial charge is 0.243 e. The highest BCUT2D eigenvalue weighted by atomic mass is 35.5. The van der Waals surface area contributed by atoms with Gasteiger partial charge in [0.05, 0.1) is 6.04 Å². The molecule has 2 aromatic carbocycles. The molecular formula is C16H15ClF2N2O. The Morgan fingerprint density at radius 1 is 1.18 bits per heavy atom. The number of likely N-dealkylation sites (N-methyl/N-ethyl adjacent to an activating group) is 1. The Hall–Kier alpha value is -1.98. The van der Waals surface area contributed by atoms with E-state index in [0.717, 1.165) is 6.07 Å². The van der Waals surface area contributed by atoms with Gasteiger partial charge in [0, 0.05) is 23.8 Å². The third kappa shape index (κ3) is 4.02. The van der Waals surface area contributed by atoms with Crippen LogP contribution in [-0.4, -0.2) is 19.0 Å². The van der Waals surface area contributed by atoms with Crippen molar-refractivity contribution in [2.75, 3.05) is 11.9 Å². The van der Waals surface area contributed by atoms with Crippen molar-refractivity contribution in [1.29, 1.82) is 0 Å². The second-order valence-electron chi connectivity index (χ2n) is 4.96. The van der Waals surface area contributed by atoms with Gasteiger partial charge in [-0.1, -0.05) is 11.6 Å². The molecular weight excluding hydrogens is 310 g/mol. The van der Waals surface area contributed by atoms with Crippen molar-refractivity contribution in [3.05, 3.63) is 64.7 Å². The molecule has 2 aromatic rings. The minimum atomic E-state index is -0.901. The number of halogens is 3. The molecule has 6 heteroatoms. The van der Waals surface area contributed by atoms with Crippen molar-refractivity contribution in [2.24, 2.45) is 5.73 Å². The Balaban J connectivity index is 2.09. The van der Waals surface area contributed by atoms with Crippen LogP contribution < -0.4 is 10.6 Å². The van der Waals surface area contributed by atoms with Crippen LogP contribution >= 0.6 is 11.6 Å². The molecule has 1 atom stereocenters. The van der Waals surface area contributed by atoms with Gasteiger partial charge in [-0.25, -0.2) is 8.78 Å². The van der Waals surface area contributed by atoms with E-state index in [1.807, 2.05) is 0 Å². The van der Waals surface area contributed by atoms with Crippen molar-refractivity contribution in [3.8, 4) is 0 Å². The zero-order valence-corrected chi connectivity index (χ0v) is 12.6. The maximum Gasteiger partial charge on any atom is 0.243 e. The third-order valence-corrected chi connectivity index (χ3v) is 3.49. The second-order valence-corrected chi connectivity index (χ2v) is 5.40. The predicted molar refractivity (Wildman–Crippen MR) is 82.9 cm³/mol. The molecule has 116 valence electrons. The minimum Gasteiger partial charge on any atom is -0.320 e. The maximum atomic E-state index is 13.2. The highest BCUT2D eigenvalue weighted by molar-refractivity contribution is 6.30. The fourth-order valence-corrected chi connectivity index (χ4v) is 2.24. The fraction of sp³-hybridized carbons (Fsp3) is 0.188. The molecule has 0 aliphatic carbocycles. The first-order valence-electron chi connectivity index (χ1n) is 6.60. The molecule has 0 bridgehead atoms. The average Bonchev–Trinajstić information content (AvgIpc) is 2.45. The Morgan fingerprint density at radius 2 is 1.73 bits per heavy atom. The summed E-state index contributed by atoms with van der Waals surface area (Å²) < 4.78 is 26.3. The topological polar surface area (TPSA) is 46.3 Å². The van der Waals surface area contributed by atoms with E-state index in [4.69, 9.17) is 17.3 Å². The molecule has 1 amide bonds. The molecule has 3 nitrogen and oxygen atoms in total. The van der Waals surface area contributed by atoms with Gasteiger partial charge in [-0.3, -0.25) is 4.79 Å². The standard InChI is InChI=1S/C16H15ClF2N2O/c1-21(14-4-2-11(17)3-5-14)16(22)15(20)8-10-6-12(18)9-13(19)7-10/h2-7,9,15H,8,20H2,1H3/t15-/m0/s1. The summed E-state index contributed by atoms with van der Waals surface area (Å²) in [5.41, 5.74) is 6.83. The Morgan fingerprint density at radius 3 is 2.27 bits per heavy atom. The van der Waals surface area contributed by atoms with E-state index in [1.54, 1.807) is 31.3 Å². The van der Waals surface area contributed by atoms with Crippen molar-refractivity contribution >= 4 is 23.2 Å². The fourth-order valence-electron chi connectivity index (χ4n) is 2.11. The predicted octanol–water partition coefficient (Wildman–Crippen LogP) is 3.15. The van der Waals surface area contributed by atoms with E-state index >= 15 is 0 Å². The lowest BCUT2D eigenvalue weighted by Crippen LogP contribution is -2.43. The first-order chi connectivity index (χ1) is 10.4. The van der Waals surface area contributed by atoms with Gasteiger partial charge in [-0.05, 0) is 48.4 Å². The first kappa shape index (κ1) is 16.4. The second kappa shape index (κ2) is 6.85. The molecule has 22 heavy (non-hydrogen) atoms. The Labute approximate surface area is 132 Å². The average molecular weight is 325 g/mol. The van der Waals surface area contributed by atoms with Crippen molar-refractivity contribution in [3.63, 3.8) is 0 Å². The van der Waals surface area contributed by atoms with Gasteiger partial charge in [-0.15, -0.1) is 0 Å². The lowest BCUT2D eigenvalue weighted by Gasteiger charge is -2.21. The third-order valence-electron chi connectivity index (χ3n) is 3.24. The summed E-state index contributed by atoms with van der Waals surface area (Å²) in [6, 6.07) is 8.90. The normalized spacial score (nSPS) is 12.0. The van der Waals surface area contributed by atoms with Crippen molar-refractivity contribution in [1.82, 2.24) is 0 Å². The highest BCUT2D eigenvalue weighted by Gasteiger charge is 2.20. The molecule has 0 fully saturated rings. The van der Waals surface area contributed by atoms with E-state index in [-0.39, 0.29) is 12.3 Å². The van der Waals surface area contributed by atoms with Crippen LogP contribution in [0.25, 0.3) is 0 Å². The minimum absolute atomic E-state index is 0.0471. The molecule has 2 N–H and O–H groups in total. The summed E-state index contributed by atoms with van der Waals surface area (Å²) in [7, 11) is 1.58. The molecule has 2 rings (SSSR count). The molecule has 0 heterocycles. The van der Waals surface area contributed by atoms with Crippen LogP contribution in [0, 0.1) is 11.6 Å². The van der Waals surface area contributed by atoms with Gasteiger partial charge >= 0.3 is 0 Å². The quantitative estimate of drug-likeness (QED) is 0.939. The summed E-state index contributed by atoms with van der Waals surface area (Å²) >= 11 is 5.80. The summed E-state index contributed by atoms with van der Waals surface area (Å²) in [6.45, 7) is 0. The van der Waals surface area contributed by atoms with Crippen LogP contribution in [-0.2, 0) is 11.2 Å². The first-order valence-corrected chi connectivity index (χ1v) is 6.98. The maximum absolute atomic E-state index is 13.2. The number of anilines is 1. The lowest BCUT2D eigenvalue weighted by molar-refractivity contribution is -0.119. The molecule has 0 saturated heterocycles. The summed E-state index contributed by atoms with van der Waals surface area (Å²) in [6.07, 6.45) is 0.0471. The molecule has 0 aromatic heterocycles. The van der Waals surface area contributed by atoms with Gasteiger partial charge in [0.1, 0.15) is 11.6 Å². The van der Waals surface area contributed by atoms with Gasteiger partial charge in [-0.2, -0.15) is 0 Å². The summed E-state index contributed by atoms with van der Waals surface area (Å²) in [4.78, 5) is 13.7. The number of nitrogens with two attached hydrogens (primary N) is 1. The zero-order chi connectivity index (χ0) is 16.3. The lowest BCUT2D eigenvalue weighted by atomic mass is 10.0. The van der Waals surface area contributed by atoms with E-state index in [9.17, 15) is 13.6 Å². The number of rotatable bonds is 4. The molecule has 0 aliphatic rings.